The molecule has 5 N–H and O–H groups in total. The zero-order chi connectivity index (χ0) is 11.1. The summed E-state index contributed by atoms with van der Waals surface area (Å²) in [7, 11) is 0. The molecule has 0 aromatic heterocycles. The third-order valence-electron chi connectivity index (χ3n) is 2.37. The van der Waals surface area contributed by atoms with Crippen LogP contribution in [0.5, 0.6) is 0 Å². The monoisotopic (exact) mass is 208 g/mol. The number of aliphatic hydroxyl groups excluding tert-OH is 3. The minimum Gasteiger partial charge on any atom is -0.479 e. The summed E-state index contributed by atoms with van der Waals surface area (Å²) >= 11 is 0. The van der Waals surface area contributed by atoms with Crippen LogP contribution in [0, 0.1) is 0 Å². The minimum atomic E-state index is -2.61. The first-order valence-electron chi connectivity index (χ1n) is 3.97. The van der Waals surface area contributed by atoms with Crippen molar-refractivity contribution in [2.75, 3.05) is 0 Å². The molecule has 1 rings (SSSR count). The number of rotatable bonds is 1. The van der Waals surface area contributed by atoms with E-state index in [2.05, 4.69) is 4.74 Å². The van der Waals surface area contributed by atoms with E-state index in [0.717, 1.165) is 0 Å². The van der Waals surface area contributed by atoms with Gasteiger partial charge in [0.15, 0.2) is 6.29 Å². The first-order valence-corrected chi connectivity index (χ1v) is 3.97. The number of hydrogen-bond donors (Lipinski definition) is 5. The standard InChI is InChI=1S/C7H12O7/c1-2-7(13,6(11)12)4(9)3(8)5(10)14-2/h2-5,8-10,13H,1H3,(H,11,12)/t2-,3-,4-,5+,7+/m1/s1. The third kappa shape index (κ3) is 1.39. The number of aliphatic carboxylic acids is 1. The molecule has 0 aromatic rings. The Morgan fingerprint density at radius 2 is 1.86 bits per heavy atom. The van der Waals surface area contributed by atoms with Crippen LogP contribution in [0.1, 0.15) is 6.92 Å². The average molecular weight is 208 g/mol. The Bertz CT molecular complexity index is 242. The molecular formula is C7H12O7. The Labute approximate surface area is 79.2 Å². The maximum absolute atomic E-state index is 10.7. The largest absolute Gasteiger partial charge is 0.479 e. The van der Waals surface area contributed by atoms with Crippen LogP contribution in [0.4, 0.5) is 0 Å². The first-order chi connectivity index (χ1) is 6.31. The van der Waals surface area contributed by atoms with Crippen molar-refractivity contribution in [3.63, 3.8) is 0 Å². The van der Waals surface area contributed by atoms with Crippen LogP contribution in [0.3, 0.4) is 0 Å². The predicted octanol–water partition coefficient (Wildman–Crippen LogP) is -2.74. The van der Waals surface area contributed by atoms with E-state index in [4.69, 9.17) is 15.3 Å². The van der Waals surface area contributed by atoms with Gasteiger partial charge in [0.1, 0.15) is 18.3 Å². The highest BCUT2D eigenvalue weighted by Gasteiger charge is 2.57. The molecule has 82 valence electrons. The SMILES string of the molecule is C[C@H]1O[C@H](O)[C@H](O)[C@@H](O)[C@]1(O)C(=O)O. The van der Waals surface area contributed by atoms with Crippen LogP contribution in [0.15, 0.2) is 0 Å². The van der Waals surface area contributed by atoms with Crippen molar-refractivity contribution in [1.82, 2.24) is 0 Å². The summed E-state index contributed by atoms with van der Waals surface area (Å²) in [5.41, 5.74) is -2.61. The van der Waals surface area contributed by atoms with Gasteiger partial charge in [-0.2, -0.15) is 0 Å². The van der Waals surface area contributed by atoms with Crippen LogP contribution in [-0.2, 0) is 9.53 Å². The van der Waals surface area contributed by atoms with Crippen LogP contribution in [0.2, 0.25) is 0 Å². The molecule has 1 aliphatic heterocycles. The molecule has 7 nitrogen and oxygen atoms in total. The molecule has 5 atom stereocenters. The van der Waals surface area contributed by atoms with E-state index < -0.39 is 36.2 Å². The molecule has 14 heavy (non-hydrogen) atoms. The van der Waals surface area contributed by atoms with Crippen molar-refractivity contribution in [3.05, 3.63) is 0 Å². The van der Waals surface area contributed by atoms with Gasteiger partial charge in [0.2, 0.25) is 5.60 Å². The summed E-state index contributed by atoms with van der Waals surface area (Å²) < 4.78 is 4.56. The Hall–Kier alpha value is -0.730. The molecule has 0 aliphatic carbocycles. The van der Waals surface area contributed by atoms with Gasteiger partial charge in [-0.25, -0.2) is 4.79 Å². The summed E-state index contributed by atoms with van der Waals surface area (Å²) in [5, 5.41) is 45.6. The summed E-state index contributed by atoms with van der Waals surface area (Å²) in [5.74, 6) is -1.72. The molecule has 0 amide bonds. The molecule has 1 fully saturated rings. The number of aliphatic hydroxyl groups is 4. The van der Waals surface area contributed by atoms with Gasteiger partial charge in [0.25, 0.3) is 0 Å². The van der Waals surface area contributed by atoms with Gasteiger partial charge in [0.05, 0.1) is 0 Å². The average Bonchev–Trinajstić information content (AvgIpc) is 2.11. The third-order valence-corrected chi connectivity index (χ3v) is 2.37. The fraction of sp³-hybridized carbons (Fsp3) is 0.857. The topological polar surface area (TPSA) is 127 Å². The molecule has 1 heterocycles. The second-order valence-electron chi connectivity index (χ2n) is 3.23. The van der Waals surface area contributed by atoms with Crippen LogP contribution in [0.25, 0.3) is 0 Å². The zero-order valence-corrected chi connectivity index (χ0v) is 7.36. The van der Waals surface area contributed by atoms with Gasteiger partial charge >= 0.3 is 5.97 Å². The van der Waals surface area contributed by atoms with Crippen LogP contribution < -0.4 is 0 Å². The Morgan fingerprint density at radius 1 is 1.36 bits per heavy atom. The Kier molecular flexibility index (Phi) is 2.79. The van der Waals surface area contributed by atoms with Crippen molar-refractivity contribution >= 4 is 5.97 Å². The molecule has 7 heteroatoms. The summed E-state index contributed by atoms with van der Waals surface area (Å²) in [6.07, 6.45) is -6.89. The number of hydrogen-bond acceptors (Lipinski definition) is 6. The normalized spacial score (nSPS) is 48.9. The fourth-order valence-corrected chi connectivity index (χ4v) is 1.35. The van der Waals surface area contributed by atoms with E-state index in [9.17, 15) is 15.0 Å². The summed E-state index contributed by atoms with van der Waals surface area (Å²) in [4.78, 5) is 10.7. The summed E-state index contributed by atoms with van der Waals surface area (Å²) in [6.45, 7) is 1.17. The lowest BCUT2D eigenvalue weighted by Crippen LogP contribution is -2.68. The quantitative estimate of drug-likeness (QED) is 0.316. The van der Waals surface area contributed by atoms with Crippen molar-refractivity contribution in [2.24, 2.45) is 0 Å². The Balaban J connectivity index is 3.00. The highest BCUT2D eigenvalue weighted by Crippen LogP contribution is 2.29. The molecule has 0 radical (unpaired) electrons. The second-order valence-corrected chi connectivity index (χ2v) is 3.23. The van der Waals surface area contributed by atoms with Crippen LogP contribution in [-0.4, -0.2) is 61.7 Å². The van der Waals surface area contributed by atoms with Crippen LogP contribution >= 0.6 is 0 Å². The molecule has 0 bridgehead atoms. The number of carbonyl (C=O) groups is 1. The van der Waals surface area contributed by atoms with Gasteiger partial charge in [-0.3, -0.25) is 0 Å². The molecule has 1 aliphatic rings. The van der Waals surface area contributed by atoms with E-state index in [1.54, 1.807) is 0 Å². The smallest absolute Gasteiger partial charge is 0.341 e. The maximum Gasteiger partial charge on any atom is 0.341 e. The van der Waals surface area contributed by atoms with E-state index in [1.807, 2.05) is 0 Å². The van der Waals surface area contributed by atoms with Crippen molar-refractivity contribution in [2.45, 2.75) is 37.1 Å². The van der Waals surface area contributed by atoms with Gasteiger partial charge in [-0.15, -0.1) is 0 Å². The lowest BCUT2D eigenvalue weighted by atomic mass is 9.85. The van der Waals surface area contributed by atoms with Crippen molar-refractivity contribution in [3.8, 4) is 0 Å². The van der Waals surface area contributed by atoms with Crippen molar-refractivity contribution < 1.29 is 35.1 Å². The van der Waals surface area contributed by atoms with Gasteiger partial charge in [0, 0.05) is 0 Å². The molecule has 1 saturated heterocycles. The van der Waals surface area contributed by atoms with E-state index in [1.165, 1.54) is 6.92 Å². The molecule has 0 spiro atoms. The van der Waals surface area contributed by atoms with Crippen molar-refractivity contribution in [1.29, 1.82) is 0 Å². The predicted molar refractivity (Wildman–Crippen MR) is 41.2 cm³/mol. The number of carboxylic acid groups (broad SMARTS) is 1. The minimum absolute atomic E-state index is 1.17. The molecule has 0 saturated carbocycles. The highest BCUT2D eigenvalue weighted by molar-refractivity contribution is 5.79. The highest BCUT2D eigenvalue weighted by atomic mass is 16.6. The Morgan fingerprint density at radius 3 is 2.29 bits per heavy atom. The zero-order valence-electron chi connectivity index (χ0n) is 7.36. The maximum atomic E-state index is 10.7. The van der Waals surface area contributed by atoms with E-state index in [-0.39, 0.29) is 0 Å². The fourth-order valence-electron chi connectivity index (χ4n) is 1.35. The summed E-state index contributed by atoms with van der Waals surface area (Å²) in [6, 6.07) is 0. The number of carboxylic acids is 1. The van der Waals surface area contributed by atoms with Gasteiger partial charge in [-0.05, 0) is 6.92 Å². The van der Waals surface area contributed by atoms with Gasteiger partial charge in [-0.1, -0.05) is 0 Å². The molecule has 0 aromatic carbocycles. The van der Waals surface area contributed by atoms with E-state index in [0.29, 0.717) is 0 Å². The van der Waals surface area contributed by atoms with E-state index >= 15 is 0 Å². The number of ether oxygens (including phenoxy) is 1. The second kappa shape index (κ2) is 3.44. The van der Waals surface area contributed by atoms with Gasteiger partial charge < -0.3 is 30.3 Å². The molecular weight excluding hydrogens is 196 g/mol. The lowest BCUT2D eigenvalue weighted by molar-refractivity contribution is -0.307. The lowest BCUT2D eigenvalue weighted by Gasteiger charge is -2.42. The first kappa shape index (κ1) is 11.3. The molecule has 0 unspecified atom stereocenters.